The molecule has 1 saturated heterocycles. The highest BCUT2D eigenvalue weighted by Crippen LogP contribution is 2.38. The smallest absolute Gasteiger partial charge is 0.381 e. The first-order valence-corrected chi connectivity index (χ1v) is 7.47. The molecule has 100 valence electrons. The van der Waals surface area contributed by atoms with Gasteiger partial charge < -0.3 is 5.32 Å². The quantitative estimate of drug-likeness (QED) is 0.832. The van der Waals surface area contributed by atoms with Crippen LogP contribution in [0.2, 0.25) is 0 Å². The van der Waals surface area contributed by atoms with E-state index in [0.29, 0.717) is 9.72 Å². The zero-order valence-corrected chi connectivity index (χ0v) is 12.1. The van der Waals surface area contributed by atoms with Crippen LogP contribution in [-0.4, -0.2) is 17.0 Å². The van der Waals surface area contributed by atoms with Gasteiger partial charge in [0.1, 0.15) is 0 Å². The Morgan fingerprint density at radius 3 is 2.67 bits per heavy atom. The normalized spacial score (nSPS) is 24.3. The molecule has 0 bridgehead atoms. The first-order valence-electron chi connectivity index (χ1n) is 5.63. The van der Waals surface area contributed by atoms with E-state index in [2.05, 4.69) is 21.2 Å². The van der Waals surface area contributed by atoms with Crippen LogP contribution < -0.4 is 5.32 Å². The number of rotatable bonds is 2. The number of anilines is 1. The van der Waals surface area contributed by atoms with Gasteiger partial charge in [-0.05, 0) is 30.4 Å². The molecule has 0 amide bonds. The molecule has 1 nitrogen and oxygen atoms in total. The fourth-order valence-electron chi connectivity index (χ4n) is 2.00. The molecule has 2 rings (SSSR count). The topological polar surface area (TPSA) is 12.0 Å². The fraction of sp³-hybridized carbons (Fsp3) is 0.500. The van der Waals surface area contributed by atoms with Gasteiger partial charge in [0.2, 0.25) is 0 Å². The number of thioether (sulfide) groups is 1. The molecule has 0 saturated carbocycles. The number of alkyl halides is 3. The lowest BCUT2D eigenvalue weighted by Crippen LogP contribution is -2.26. The summed E-state index contributed by atoms with van der Waals surface area (Å²) in [6, 6.07) is 4.35. The van der Waals surface area contributed by atoms with E-state index >= 15 is 0 Å². The van der Waals surface area contributed by atoms with E-state index < -0.39 is 11.7 Å². The molecule has 1 fully saturated rings. The molecule has 2 unspecified atom stereocenters. The lowest BCUT2D eigenvalue weighted by Gasteiger charge is -2.21. The van der Waals surface area contributed by atoms with Crippen molar-refractivity contribution < 1.29 is 13.2 Å². The Hall–Kier alpha value is -0.360. The molecule has 0 spiro atoms. The zero-order chi connectivity index (χ0) is 13.3. The number of halogens is 4. The van der Waals surface area contributed by atoms with Gasteiger partial charge >= 0.3 is 6.18 Å². The van der Waals surface area contributed by atoms with E-state index in [0.717, 1.165) is 18.2 Å². The largest absolute Gasteiger partial charge is 0.418 e. The van der Waals surface area contributed by atoms with Gasteiger partial charge in [-0.2, -0.15) is 24.9 Å². The minimum atomic E-state index is -4.33. The average molecular weight is 340 g/mol. The Bertz CT molecular complexity index is 436. The number of benzene rings is 1. The van der Waals surface area contributed by atoms with Crippen molar-refractivity contribution in [1.29, 1.82) is 0 Å². The molecule has 1 aliphatic heterocycles. The molecule has 18 heavy (non-hydrogen) atoms. The van der Waals surface area contributed by atoms with Crippen LogP contribution in [0.3, 0.4) is 0 Å². The number of hydrogen-bond donors (Lipinski definition) is 1. The van der Waals surface area contributed by atoms with Crippen LogP contribution >= 0.6 is 27.7 Å². The van der Waals surface area contributed by atoms with E-state index in [9.17, 15) is 13.2 Å². The maximum Gasteiger partial charge on any atom is 0.418 e. The first kappa shape index (κ1) is 14.1. The minimum absolute atomic E-state index is 0.109. The highest BCUT2D eigenvalue weighted by atomic mass is 79.9. The third-order valence-electron chi connectivity index (χ3n) is 3.00. The van der Waals surface area contributed by atoms with Crippen molar-refractivity contribution >= 4 is 33.4 Å². The molecule has 1 N–H and O–H groups in total. The van der Waals surface area contributed by atoms with Crippen LogP contribution in [0.1, 0.15) is 18.9 Å². The summed E-state index contributed by atoms with van der Waals surface area (Å²) in [5.41, 5.74) is -0.439. The molecular weight excluding hydrogens is 327 g/mol. The lowest BCUT2D eigenvalue weighted by molar-refractivity contribution is -0.137. The molecule has 1 aromatic rings. The summed E-state index contributed by atoms with van der Waals surface area (Å²) >= 11 is 4.87. The molecule has 1 aliphatic rings. The van der Waals surface area contributed by atoms with E-state index in [4.69, 9.17) is 0 Å². The van der Waals surface area contributed by atoms with Crippen LogP contribution in [0, 0.1) is 0 Å². The van der Waals surface area contributed by atoms with Gasteiger partial charge in [0.25, 0.3) is 0 Å². The SMILES string of the molecule is CC1SCCC1Nc1ccc(Br)cc1C(F)(F)F. The van der Waals surface area contributed by atoms with Gasteiger partial charge in [0.05, 0.1) is 5.56 Å². The van der Waals surface area contributed by atoms with Crippen LogP contribution in [0.15, 0.2) is 22.7 Å². The molecule has 1 aromatic carbocycles. The predicted molar refractivity (Wildman–Crippen MR) is 73.1 cm³/mol. The van der Waals surface area contributed by atoms with Crippen molar-refractivity contribution in [3.8, 4) is 0 Å². The van der Waals surface area contributed by atoms with Crippen molar-refractivity contribution in [1.82, 2.24) is 0 Å². The maximum atomic E-state index is 12.9. The van der Waals surface area contributed by atoms with Crippen molar-refractivity contribution in [3.05, 3.63) is 28.2 Å². The summed E-state index contributed by atoms with van der Waals surface area (Å²) in [6.07, 6.45) is -3.43. The van der Waals surface area contributed by atoms with Crippen molar-refractivity contribution in [3.63, 3.8) is 0 Å². The van der Waals surface area contributed by atoms with Crippen molar-refractivity contribution in [2.24, 2.45) is 0 Å². The van der Waals surface area contributed by atoms with E-state index in [1.165, 1.54) is 6.07 Å². The van der Waals surface area contributed by atoms with Crippen LogP contribution in [0.4, 0.5) is 18.9 Å². The van der Waals surface area contributed by atoms with Gasteiger partial charge in [-0.3, -0.25) is 0 Å². The summed E-state index contributed by atoms with van der Waals surface area (Å²) in [5, 5.41) is 3.37. The van der Waals surface area contributed by atoms with Crippen LogP contribution in [0.5, 0.6) is 0 Å². The molecular formula is C12H13BrF3NS. The second kappa shape index (κ2) is 5.33. The van der Waals surface area contributed by atoms with Crippen molar-refractivity contribution in [2.75, 3.05) is 11.1 Å². The molecule has 0 aliphatic carbocycles. The van der Waals surface area contributed by atoms with Gasteiger partial charge in [-0.25, -0.2) is 0 Å². The Kier molecular flexibility index (Phi) is 4.16. The number of nitrogens with one attached hydrogen (secondary N) is 1. The molecule has 6 heteroatoms. The Morgan fingerprint density at radius 1 is 1.39 bits per heavy atom. The van der Waals surface area contributed by atoms with Gasteiger partial charge in [-0.1, -0.05) is 22.9 Å². The Morgan fingerprint density at radius 2 is 2.11 bits per heavy atom. The van der Waals surface area contributed by atoms with E-state index in [1.807, 2.05) is 6.92 Å². The Labute approximate surface area is 117 Å². The summed E-state index contributed by atoms with van der Waals surface area (Å²) < 4.78 is 39.2. The van der Waals surface area contributed by atoms with Crippen LogP contribution in [-0.2, 0) is 6.18 Å². The summed E-state index contributed by atoms with van der Waals surface area (Å²) in [6.45, 7) is 2.04. The lowest BCUT2D eigenvalue weighted by atomic mass is 10.1. The van der Waals surface area contributed by atoms with Crippen molar-refractivity contribution in [2.45, 2.75) is 30.8 Å². The maximum absolute atomic E-state index is 12.9. The molecule has 0 aromatic heterocycles. The zero-order valence-electron chi connectivity index (χ0n) is 9.72. The number of hydrogen-bond acceptors (Lipinski definition) is 2. The first-order chi connectivity index (χ1) is 8.38. The monoisotopic (exact) mass is 339 g/mol. The average Bonchev–Trinajstić information content (AvgIpc) is 2.66. The second-order valence-corrected chi connectivity index (χ2v) is 6.70. The molecule has 1 heterocycles. The second-order valence-electron chi connectivity index (χ2n) is 4.30. The molecule has 0 radical (unpaired) electrons. The third-order valence-corrected chi connectivity index (χ3v) is 4.82. The predicted octanol–water partition coefficient (Wildman–Crippen LogP) is 4.77. The molecule has 2 atom stereocenters. The van der Waals surface area contributed by atoms with E-state index in [1.54, 1.807) is 17.8 Å². The summed E-state index contributed by atoms with van der Waals surface area (Å²) in [7, 11) is 0. The highest BCUT2D eigenvalue weighted by molar-refractivity contribution is 9.10. The summed E-state index contributed by atoms with van der Waals surface area (Å²) in [4.78, 5) is 0. The Balaban J connectivity index is 2.27. The van der Waals surface area contributed by atoms with Gasteiger partial charge in [0, 0.05) is 21.5 Å². The van der Waals surface area contributed by atoms with Gasteiger partial charge in [-0.15, -0.1) is 0 Å². The fourth-order valence-corrected chi connectivity index (χ4v) is 3.56. The third kappa shape index (κ3) is 3.15. The van der Waals surface area contributed by atoms with Crippen LogP contribution in [0.25, 0.3) is 0 Å². The minimum Gasteiger partial charge on any atom is -0.381 e. The van der Waals surface area contributed by atoms with Gasteiger partial charge in [0.15, 0.2) is 0 Å². The summed E-state index contributed by atoms with van der Waals surface area (Å²) in [5.74, 6) is 0.997. The highest BCUT2D eigenvalue weighted by Gasteiger charge is 2.35. The standard InChI is InChI=1S/C12H13BrF3NS/c1-7-10(4-5-18-7)17-11-3-2-8(13)6-9(11)12(14,15)16/h2-3,6-7,10,17H,4-5H2,1H3. The van der Waals surface area contributed by atoms with E-state index in [-0.39, 0.29) is 11.7 Å².